The fourth-order valence-electron chi connectivity index (χ4n) is 7.61. The minimum absolute atomic E-state index is 0.0331. The molecular formula is C34H34O7. The molecule has 41 heavy (non-hydrogen) atoms. The summed E-state index contributed by atoms with van der Waals surface area (Å²) in [6.07, 6.45) is 0.208. The van der Waals surface area contributed by atoms with Gasteiger partial charge in [-0.2, -0.15) is 0 Å². The molecule has 0 bridgehead atoms. The van der Waals surface area contributed by atoms with Crippen LogP contribution in [0.25, 0.3) is 5.76 Å². The highest BCUT2D eigenvalue weighted by Crippen LogP contribution is 2.65. The number of benzene rings is 2. The zero-order valence-electron chi connectivity index (χ0n) is 24.0. The highest BCUT2D eigenvalue weighted by atomic mass is 16.3. The Morgan fingerprint density at radius 1 is 1.00 bits per heavy atom. The molecule has 5 rings (SSSR count). The Bertz CT molecular complexity index is 1660. The second-order valence-electron chi connectivity index (χ2n) is 12.6. The minimum atomic E-state index is -2.63. The molecule has 1 fully saturated rings. The van der Waals surface area contributed by atoms with E-state index >= 15 is 0 Å². The van der Waals surface area contributed by atoms with Gasteiger partial charge in [0.15, 0.2) is 17.2 Å². The predicted molar refractivity (Wildman–Crippen MR) is 153 cm³/mol. The molecule has 0 amide bonds. The van der Waals surface area contributed by atoms with Crippen LogP contribution in [0.2, 0.25) is 0 Å². The molecule has 0 radical (unpaired) electrons. The molecule has 0 heterocycles. The number of allylic oxidation sites excluding steroid dienone is 1. The third-order valence-electron chi connectivity index (χ3n) is 9.28. The van der Waals surface area contributed by atoms with Gasteiger partial charge in [0, 0.05) is 33.4 Å². The molecule has 0 spiro atoms. The lowest BCUT2D eigenvalue weighted by molar-refractivity contribution is -0.178. The second kappa shape index (κ2) is 9.19. The summed E-state index contributed by atoms with van der Waals surface area (Å²) in [4.78, 5) is 40.4. The number of aliphatic hydroxyl groups excluding tert-OH is 2. The summed E-state index contributed by atoms with van der Waals surface area (Å²) in [5.41, 5.74) is -2.94. The number of aromatic hydroxyl groups is 1. The van der Waals surface area contributed by atoms with Crippen molar-refractivity contribution in [2.45, 2.75) is 60.0 Å². The van der Waals surface area contributed by atoms with Gasteiger partial charge in [-0.3, -0.25) is 14.4 Å². The molecule has 1 saturated carbocycles. The Balaban J connectivity index is 1.76. The van der Waals surface area contributed by atoms with Gasteiger partial charge in [0.1, 0.15) is 22.8 Å². The smallest absolute Gasteiger partial charge is 0.203 e. The lowest BCUT2D eigenvalue weighted by Gasteiger charge is -2.59. The fraction of sp³-hybridized carbons (Fsp3) is 0.382. The first-order valence-corrected chi connectivity index (χ1v) is 13.7. The van der Waals surface area contributed by atoms with Gasteiger partial charge < -0.3 is 20.4 Å². The van der Waals surface area contributed by atoms with Gasteiger partial charge in [0.25, 0.3) is 0 Å². The van der Waals surface area contributed by atoms with Gasteiger partial charge in [0.2, 0.25) is 5.78 Å². The maximum atomic E-state index is 14.3. The molecule has 4 atom stereocenters. The van der Waals surface area contributed by atoms with Crippen molar-refractivity contribution in [1.29, 1.82) is 0 Å². The number of phenolic OH excluding ortho intramolecular Hbond substituents is 1. The van der Waals surface area contributed by atoms with E-state index in [1.165, 1.54) is 6.07 Å². The van der Waals surface area contributed by atoms with Crippen molar-refractivity contribution in [2.24, 2.45) is 22.7 Å². The lowest BCUT2D eigenvalue weighted by atomic mass is 9.43. The molecule has 2 aromatic rings. The molecule has 7 nitrogen and oxygen atoms in total. The van der Waals surface area contributed by atoms with Gasteiger partial charge in [-0.05, 0) is 62.4 Å². The monoisotopic (exact) mass is 554 g/mol. The summed E-state index contributed by atoms with van der Waals surface area (Å²) in [6, 6.07) is 10.7. The van der Waals surface area contributed by atoms with Crippen molar-refractivity contribution in [3.8, 4) is 17.6 Å². The molecule has 0 saturated heterocycles. The predicted octanol–water partition coefficient (Wildman–Crippen LogP) is 4.90. The third-order valence-corrected chi connectivity index (χ3v) is 9.28. The van der Waals surface area contributed by atoms with E-state index < -0.39 is 56.8 Å². The van der Waals surface area contributed by atoms with Crippen molar-refractivity contribution >= 4 is 23.1 Å². The van der Waals surface area contributed by atoms with Crippen molar-refractivity contribution in [3.05, 3.63) is 81.1 Å². The molecule has 4 N–H and O–H groups in total. The number of carbonyl (C=O) groups is 3. The zero-order chi connectivity index (χ0) is 30.2. The average molecular weight is 555 g/mol. The summed E-state index contributed by atoms with van der Waals surface area (Å²) < 4.78 is 0. The van der Waals surface area contributed by atoms with Crippen molar-refractivity contribution < 1.29 is 34.8 Å². The van der Waals surface area contributed by atoms with Gasteiger partial charge in [-0.1, -0.05) is 57.2 Å². The van der Waals surface area contributed by atoms with Crippen LogP contribution in [0.1, 0.15) is 68.9 Å². The van der Waals surface area contributed by atoms with E-state index in [4.69, 9.17) is 0 Å². The number of ketones is 3. The number of aryl methyl sites for hydroxylation is 1. The van der Waals surface area contributed by atoms with Gasteiger partial charge >= 0.3 is 0 Å². The number of phenols is 1. The van der Waals surface area contributed by atoms with E-state index in [0.717, 1.165) is 18.1 Å². The Labute approximate surface area is 239 Å². The van der Waals surface area contributed by atoms with Crippen LogP contribution in [0.4, 0.5) is 0 Å². The first-order chi connectivity index (χ1) is 19.1. The van der Waals surface area contributed by atoms with E-state index in [1.807, 2.05) is 31.2 Å². The summed E-state index contributed by atoms with van der Waals surface area (Å²) in [5, 5.41) is 45.8. The van der Waals surface area contributed by atoms with E-state index in [-0.39, 0.29) is 35.6 Å². The number of aliphatic hydroxyl groups is 3. The molecule has 212 valence electrons. The fourth-order valence-corrected chi connectivity index (χ4v) is 7.61. The van der Waals surface area contributed by atoms with E-state index in [1.54, 1.807) is 33.8 Å². The summed E-state index contributed by atoms with van der Waals surface area (Å²) >= 11 is 0. The number of hydrogen-bond acceptors (Lipinski definition) is 7. The molecule has 3 aliphatic rings. The molecule has 3 aliphatic carbocycles. The van der Waals surface area contributed by atoms with Crippen molar-refractivity contribution in [1.82, 2.24) is 0 Å². The largest absolute Gasteiger partial charge is 0.508 e. The third kappa shape index (κ3) is 3.81. The number of rotatable bonds is 2. The van der Waals surface area contributed by atoms with Crippen molar-refractivity contribution in [3.63, 3.8) is 0 Å². The van der Waals surface area contributed by atoms with Crippen LogP contribution in [0, 0.1) is 41.4 Å². The minimum Gasteiger partial charge on any atom is -0.508 e. The molecule has 7 heteroatoms. The Morgan fingerprint density at radius 3 is 2.22 bits per heavy atom. The quantitative estimate of drug-likeness (QED) is 0.307. The maximum absolute atomic E-state index is 14.3. The first-order valence-electron chi connectivity index (χ1n) is 13.7. The zero-order valence-corrected chi connectivity index (χ0v) is 24.0. The SMILES string of the molecule is CC(=O)C1=C(O)[C@]2(O)C(=O)C3=C(O)c4c(O)ccc(C#Cc5ccc(C)cc5)c4C[C@]3(C)C[C@]2(C)C(C(C)C)C1=O. The highest BCUT2D eigenvalue weighted by Gasteiger charge is 2.72. The molecule has 0 aromatic heterocycles. The normalized spacial score (nSPS) is 29.0. The van der Waals surface area contributed by atoms with E-state index in [0.29, 0.717) is 11.1 Å². The van der Waals surface area contributed by atoms with Crippen LogP contribution in [0.5, 0.6) is 5.75 Å². The Hall–Kier alpha value is -4.15. The van der Waals surface area contributed by atoms with Gasteiger partial charge in [-0.25, -0.2) is 0 Å². The number of carbonyl (C=O) groups excluding carboxylic acids is 3. The number of fused-ring (bicyclic) bond motifs is 3. The Morgan fingerprint density at radius 2 is 1.63 bits per heavy atom. The van der Waals surface area contributed by atoms with Crippen LogP contribution >= 0.6 is 0 Å². The lowest BCUT2D eigenvalue weighted by Crippen LogP contribution is -2.69. The van der Waals surface area contributed by atoms with Crippen LogP contribution in [-0.4, -0.2) is 43.4 Å². The topological polar surface area (TPSA) is 132 Å². The maximum Gasteiger partial charge on any atom is 0.203 e. The van der Waals surface area contributed by atoms with Crippen molar-refractivity contribution in [2.75, 3.05) is 0 Å². The molecule has 0 aliphatic heterocycles. The van der Waals surface area contributed by atoms with Gasteiger partial charge in [0.05, 0.1) is 5.56 Å². The molecule has 2 aromatic carbocycles. The number of Topliss-reactive ketones (excluding diaryl/α,β-unsaturated/α-hetero) is 3. The molecular weight excluding hydrogens is 520 g/mol. The molecule has 1 unspecified atom stereocenters. The standard InChI is InChI=1S/C34H34O7/c1-17(2)26-28(37)24(19(4)35)30(39)34(41)31(40)27-29(38)25-22(15-32(27,5)16-33(26,34)6)21(13-14-23(25)36)12-11-20-9-7-18(3)8-10-20/h7-10,13-14,17,26,36,38-39,41H,15-16H2,1-6H3/t26?,32-,33-,34+/m1/s1. The van der Waals surface area contributed by atoms with Crippen LogP contribution in [0.3, 0.4) is 0 Å². The highest BCUT2D eigenvalue weighted by molar-refractivity contribution is 6.24. The van der Waals surface area contributed by atoms with Crippen LogP contribution in [0.15, 0.2) is 53.3 Å². The van der Waals surface area contributed by atoms with Gasteiger partial charge in [-0.15, -0.1) is 0 Å². The summed E-state index contributed by atoms with van der Waals surface area (Å²) in [6.45, 7) is 10.0. The Kier molecular flexibility index (Phi) is 6.36. The van der Waals surface area contributed by atoms with Crippen LogP contribution < -0.4 is 0 Å². The summed E-state index contributed by atoms with van der Waals surface area (Å²) in [5.74, 6) is 0.829. The van der Waals surface area contributed by atoms with E-state index in [9.17, 15) is 34.8 Å². The van der Waals surface area contributed by atoms with Crippen LogP contribution in [-0.2, 0) is 20.8 Å². The number of hydrogen-bond donors (Lipinski definition) is 4. The second-order valence-corrected chi connectivity index (χ2v) is 12.6. The van der Waals surface area contributed by atoms with E-state index in [2.05, 4.69) is 11.8 Å². The average Bonchev–Trinajstić information content (AvgIpc) is 2.86. The first kappa shape index (κ1) is 28.4. The summed E-state index contributed by atoms with van der Waals surface area (Å²) in [7, 11) is 0.